The molecule has 2 aromatic carbocycles. The molecule has 0 radical (unpaired) electrons. The van der Waals surface area contributed by atoms with Gasteiger partial charge in [-0.1, -0.05) is 24.6 Å². The van der Waals surface area contributed by atoms with Gasteiger partial charge < -0.3 is 24.1 Å². The molecule has 2 amide bonds. The van der Waals surface area contributed by atoms with Gasteiger partial charge in [-0.2, -0.15) is 0 Å². The van der Waals surface area contributed by atoms with Crippen LogP contribution in [0.4, 0.5) is 5.69 Å². The lowest BCUT2D eigenvalue weighted by Gasteiger charge is -2.33. The SMILES string of the molecule is O=C1NC(=S)N(c2ccc(Oc3ccccc3)cc2)C(=O)/C1=C\[C@H]1OC2OC3(CCCCC3)OC2[C@H]1O.[HH].[HH]. The summed E-state index contributed by atoms with van der Waals surface area (Å²) in [5.74, 6) is -0.739. The number of nitrogens with zero attached hydrogens (tertiary/aromatic N) is 1. The van der Waals surface area contributed by atoms with E-state index in [-0.39, 0.29) is 13.5 Å². The Balaban J connectivity index is 0.00000176. The molecular formula is C27H30N2O7S. The summed E-state index contributed by atoms with van der Waals surface area (Å²) in [6.07, 6.45) is 2.46. The lowest BCUT2D eigenvalue weighted by molar-refractivity contribution is -0.241. The molecule has 1 spiro atoms. The van der Waals surface area contributed by atoms with E-state index in [1.54, 1.807) is 24.3 Å². The van der Waals surface area contributed by atoms with Gasteiger partial charge in [0.05, 0.1) is 5.69 Å². The fraction of sp³-hybridized carbons (Fsp3) is 0.370. The third-order valence-corrected chi connectivity index (χ3v) is 7.32. The summed E-state index contributed by atoms with van der Waals surface area (Å²) in [5.41, 5.74) is 0.270. The number of fused-ring (bicyclic) bond motifs is 1. The largest absolute Gasteiger partial charge is 0.457 e. The van der Waals surface area contributed by atoms with Gasteiger partial charge in [-0.25, -0.2) is 0 Å². The van der Waals surface area contributed by atoms with Crippen LogP contribution >= 0.6 is 12.2 Å². The monoisotopic (exact) mass is 526 g/mol. The average Bonchev–Trinajstić information content (AvgIpc) is 3.37. The van der Waals surface area contributed by atoms with Crippen LogP contribution in [0.15, 0.2) is 66.2 Å². The molecule has 4 aliphatic rings. The molecule has 4 atom stereocenters. The van der Waals surface area contributed by atoms with Crippen molar-refractivity contribution in [1.29, 1.82) is 0 Å². The lowest BCUT2D eigenvalue weighted by Crippen LogP contribution is -2.54. The molecular weight excluding hydrogens is 496 g/mol. The summed E-state index contributed by atoms with van der Waals surface area (Å²) in [6, 6.07) is 16.1. The molecule has 4 fully saturated rings. The second-order valence-electron chi connectivity index (χ2n) is 9.52. The Labute approximate surface area is 221 Å². The van der Waals surface area contributed by atoms with E-state index in [1.807, 2.05) is 30.3 Å². The van der Waals surface area contributed by atoms with E-state index in [0.717, 1.165) is 32.1 Å². The number of amides is 2. The van der Waals surface area contributed by atoms with Crippen LogP contribution in [0.5, 0.6) is 11.5 Å². The number of aliphatic hydroxyl groups excluding tert-OH is 1. The number of aliphatic hydroxyl groups is 1. The summed E-state index contributed by atoms with van der Waals surface area (Å²) >= 11 is 5.29. The Morgan fingerprint density at radius 2 is 1.73 bits per heavy atom. The summed E-state index contributed by atoms with van der Waals surface area (Å²) in [4.78, 5) is 27.3. The normalized spacial score (nSPS) is 30.0. The standard InChI is InChI=1S/C27H26N2O7S.2H2/c30-21-20(34-25-22(21)35-27(36-25)13-5-2-6-14-27)15-19-23(31)28-26(37)29(24(19)32)16-9-11-18(12-10-16)33-17-7-3-1-4-8-17;;/h1,3-4,7-12,15,20-22,25,30H,2,5-6,13-14H2,(H,28,31,37);2*1H/b19-15-;;/t20-,21+,22?,25?;;/m1../s1. The van der Waals surface area contributed by atoms with Crippen LogP contribution in [0.25, 0.3) is 0 Å². The number of ether oxygens (including phenoxy) is 4. The van der Waals surface area contributed by atoms with Gasteiger partial charge in [0.25, 0.3) is 11.8 Å². The van der Waals surface area contributed by atoms with Gasteiger partial charge >= 0.3 is 0 Å². The van der Waals surface area contributed by atoms with Crippen molar-refractivity contribution in [3.05, 3.63) is 66.2 Å². The van der Waals surface area contributed by atoms with Crippen LogP contribution < -0.4 is 15.0 Å². The Morgan fingerprint density at radius 1 is 1.03 bits per heavy atom. The molecule has 2 aromatic rings. The Bertz CT molecular complexity index is 1250. The smallest absolute Gasteiger partial charge is 0.269 e. The lowest BCUT2D eigenvalue weighted by atomic mass is 9.94. The van der Waals surface area contributed by atoms with E-state index >= 15 is 0 Å². The number of para-hydroxylation sites is 1. The van der Waals surface area contributed by atoms with Crippen molar-refractivity contribution in [2.45, 2.75) is 62.5 Å². The quantitative estimate of drug-likeness (QED) is 0.352. The van der Waals surface area contributed by atoms with Crippen molar-refractivity contribution in [2.75, 3.05) is 4.90 Å². The number of hydrogen-bond acceptors (Lipinski definition) is 8. The molecule has 2 unspecified atom stereocenters. The number of benzene rings is 2. The second-order valence-corrected chi connectivity index (χ2v) is 9.91. The van der Waals surface area contributed by atoms with Crippen LogP contribution in [0.1, 0.15) is 35.0 Å². The average molecular weight is 527 g/mol. The van der Waals surface area contributed by atoms with Gasteiger partial charge in [0.2, 0.25) is 0 Å². The van der Waals surface area contributed by atoms with Crippen molar-refractivity contribution in [2.24, 2.45) is 0 Å². The van der Waals surface area contributed by atoms with Crippen molar-refractivity contribution >= 4 is 34.8 Å². The van der Waals surface area contributed by atoms with Crippen molar-refractivity contribution in [1.82, 2.24) is 5.32 Å². The van der Waals surface area contributed by atoms with Crippen molar-refractivity contribution in [3.8, 4) is 11.5 Å². The molecule has 0 aromatic heterocycles. The number of thiocarbonyl (C=S) groups is 1. The van der Waals surface area contributed by atoms with Crippen LogP contribution in [-0.4, -0.2) is 52.4 Å². The Morgan fingerprint density at radius 3 is 2.43 bits per heavy atom. The van der Waals surface area contributed by atoms with Gasteiger partial charge in [0.15, 0.2) is 17.2 Å². The van der Waals surface area contributed by atoms with E-state index in [9.17, 15) is 14.7 Å². The number of rotatable bonds is 4. The molecule has 2 N–H and O–H groups in total. The first kappa shape index (κ1) is 24.2. The Kier molecular flexibility index (Phi) is 6.29. The molecule has 37 heavy (non-hydrogen) atoms. The molecule has 9 nitrogen and oxygen atoms in total. The maximum Gasteiger partial charge on any atom is 0.269 e. The summed E-state index contributed by atoms with van der Waals surface area (Å²) in [6.45, 7) is 0. The molecule has 196 valence electrons. The van der Waals surface area contributed by atoms with Gasteiger partial charge in [-0.3, -0.25) is 19.8 Å². The summed E-state index contributed by atoms with van der Waals surface area (Å²) < 4.78 is 23.9. The van der Waals surface area contributed by atoms with E-state index in [2.05, 4.69) is 5.32 Å². The minimum absolute atomic E-state index is 0. The van der Waals surface area contributed by atoms with Crippen LogP contribution in [0, 0.1) is 0 Å². The molecule has 10 heteroatoms. The predicted molar refractivity (Wildman–Crippen MR) is 140 cm³/mol. The summed E-state index contributed by atoms with van der Waals surface area (Å²) in [7, 11) is 0. The highest BCUT2D eigenvalue weighted by Crippen LogP contribution is 2.45. The highest BCUT2D eigenvalue weighted by Gasteiger charge is 2.57. The zero-order valence-corrected chi connectivity index (χ0v) is 20.7. The van der Waals surface area contributed by atoms with Gasteiger partial charge in [0.1, 0.15) is 35.4 Å². The highest BCUT2D eigenvalue weighted by molar-refractivity contribution is 7.80. The van der Waals surface area contributed by atoms with Crippen LogP contribution in [-0.2, 0) is 23.8 Å². The molecule has 1 aliphatic carbocycles. The first-order chi connectivity index (χ1) is 17.9. The number of anilines is 1. The van der Waals surface area contributed by atoms with E-state index in [4.69, 9.17) is 31.2 Å². The zero-order chi connectivity index (χ0) is 25.6. The van der Waals surface area contributed by atoms with E-state index in [1.165, 1.54) is 11.0 Å². The summed E-state index contributed by atoms with van der Waals surface area (Å²) in [5, 5.41) is 13.4. The first-order valence-corrected chi connectivity index (χ1v) is 12.8. The second kappa shape index (κ2) is 9.62. The van der Waals surface area contributed by atoms with Crippen LogP contribution in [0.3, 0.4) is 0 Å². The zero-order valence-electron chi connectivity index (χ0n) is 19.9. The molecule has 0 bridgehead atoms. The van der Waals surface area contributed by atoms with Gasteiger partial charge in [-0.15, -0.1) is 0 Å². The molecule has 6 rings (SSSR count). The first-order valence-electron chi connectivity index (χ1n) is 12.4. The third-order valence-electron chi connectivity index (χ3n) is 7.04. The number of carbonyl (C=O) groups excluding carboxylic acids is 2. The van der Waals surface area contributed by atoms with Gasteiger partial charge in [0, 0.05) is 15.7 Å². The molecule has 1 saturated carbocycles. The van der Waals surface area contributed by atoms with Crippen molar-refractivity contribution < 1.29 is 36.5 Å². The third kappa shape index (κ3) is 4.55. The predicted octanol–water partition coefficient (Wildman–Crippen LogP) is 3.81. The maximum atomic E-state index is 13.4. The maximum absolute atomic E-state index is 13.4. The minimum Gasteiger partial charge on any atom is -0.457 e. The molecule has 3 heterocycles. The topological polar surface area (TPSA) is 107 Å². The van der Waals surface area contributed by atoms with Crippen molar-refractivity contribution in [3.63, 3.8) is 0 Å². The highest BCUT2D eigenvalue weighted by atomic mass is 32.1. The number of nitrogens with one attached hydrogen (secondary N) is 1. The van der Waals surface area contributed by atoms with E-state index in [0.29, 0.717) is 17.2 Å². The minimum atomic E-state index is -1.09. The Hall–Kier alpha value is -3.15. The van der Waals surface area contributed by atoms with Gasteiger partial charge in [-0.05, 0) is 67.5 Å². The molecule has 3 saturated heterocycles. The fourth-order valence-electron chi connectivity index (χ4n) is 5.20. The van der Waals surface area contributed by atoms with E-state index < -0.39 is 42.2 Å². The molecule has 3 aliphatic heterocycles. The van der Waals surface area contributed by atoms with Crippen LogP contribution in [0.2, 0.25) is 0 Å². The number of hydrogen-bond donors (Lipinski definition) is 2. The fourth-order valence-corrected chi connectivity index (χ4v) is 5.48. The number of carbonyl (C=O) groups is 2.